The Bertz CT molecular complexity index is 1520. The zero-order valence-corrected chi connectivity index (χ0v) is 32.6. The van der Waals surface area contributed by atoms with Gasteiger partial charge in [0.05, 0.1) is 25.3 Å². The summed E-state index contributed by atoms with van der Waals surface area (Å²) in [5.74, 6) is -0.301. The first-order chi connectivity index (χ1) is 25.6. The van der Waals surface area contributed by atoms with Crippen molar-refractivity contribution in [1.29, 1.82) is 0 Å². The van der Waals surface area contributed by atoms with Crippen molar-refractivity contribution in [2.75, 3.05) is 40.4 Å². The SMILES string of the molecule is COC(=O)[C@@H](c1ccc(C(F)(F)F)cc1)N1CCC([C@H]2CC(Br)=NO2)CC1.COC(=O)[C@H](c1ccc(C(F)(F)F)cc1)N1CCC([C@H]2CC(Br)=NO2)CC1. The number of benzene rings is 2. The van der Waals surface area contributed by atoms with E-state index in [4.69, 9.17) is 19.1 Å². The fraction of sp³-hybridized carbons (Fsp3) is 0.556. The summed E-state index contributed by atoms with van der Waals surface area (Å²) in [6, 6.07) is 7.96. The molecule has 2 aromatic carbocycles. The lowest BCUT2D eigenvalue weighted by atomic mass is 9.88. The monoisotopic (exact) mass is 896 g/mol. The molecule has 0 radical (unpaired) electrons. The van der Waals surface area contributed by atoms with Gasteiger partial charge >= 0.3 is 24.3 Å². The van der Waals surface area contributed by atoms with Gasteiger partial charge in [0, 0.05) is 24.7 Å². The van der Waals surface area contributed by atoms with Crippen molar-refractivity contribution in [3.63, 3.8) is 0 Å². The zero-order valence-electron chi connectivity index (χ0n) is 29.4. The second kappa shape index (κ2) is 18.2. The molecule has 0 N–H and O–H groups in total. The number of likely N-dealkylation sites (tertiary alicyclic amines) is 2. The minimum absolute atomic E-state index is 0.0316. The van der Waals surface area contributed by atoms with Crippen LogP contribution in [-0.4, -0.2) is 83.6 Å². The van der Waals surface area contributed by atoms with Gasteiger partial charge in [-0.05, 0) is 119 Å². The number of esters is 2. The molecule has 18 heteroatoms. The Morgan fingerprint density at radius 3 is 1.20 bits per heavy atom. The van der Waals surface area contributed by atoms with Crippen molar-refractivity contribution in [3.05, 3.63) is 70.8 Å². The van der Waals surface area contributed by atoms with Crippen molar-refractivity contribution >= 4 is 53.0 Å². The number of alkyl halides is 6. The van der Waals surface area contributed by atoms with E-state index in [1.165, 1.54) is 38.5 Å². The summed E-state index contributed by atoms with van der Waals surface area (Å²) in [6.07, 6.45) is -4.02. The maximum absolute atomic E-state index is 12.8. The second-order valence-corrected chi connectivity index (χ2v) is 15.3. The molecule has 54 heavy (non-hydrogen) atoms. The van der Waals surface area contributed by atoms with Gasteiger partial charge in [0.25, 0.3) is 0 Å². The largest absolute Gasteiger partial charge is 0.468 e. The molecule has 10 nitrogen and oxygen atoms in total. The first-order valence-electron chi connectivity index (χ1n) is 17.3. The summed E-state index contributed by atoms with van der Waals surface area (Å²) >= 11 is 6.66. The number of oxime groups is 2. The van der Waals surface area contributed by atoms with Crippen LogP contribution in [0.15, 0.2) is 58.8 Å². The first-order valence-corrected chi connectivity index (χ1v) is 18.9. The molecule has 0 aliphatic carbocycles. The van der Waals surface area contributed by atoms with Crippen LogP contribution in [0, 0.1) is 11.8 Å². The van der Waals surface area contributed by atoms with E-state index in [-0.39, 0.29) is 12.2 Å². The third-order valence-corrected chi connectivity index (χ3v) is 11.1. The average Bonchev–Trinajstić information content (AvgIpc) is 3.80. The van der Waals surface area contributed by atoms with Crippen LogP contribution in [0.5, 0.6) is 0 Å². The smallest absolute Gasteiger partial charge is 0.416 e. The van der Waals surface area contributed by atoms with Crippen LogP contribution >= 0.6 is 31.9 Å². The molecule has 0 bridgehead atoms. The van der Waals surface area contributed by atoms with Gasteiger partial charge in [-0.1, -0.05) is 34.6 Å². The highest BCUT2D eigenvalue weighted by atomic mass is 79.9. The van der Waals surface area contributed by atoms with Crippen LogP contribution in [0.25, 0.3) is 0 Å². The Balaban J connectivity index is 0.000000208. The summed E-state index contributed by atoms with van der Waals surface area (Å²) in [5, 5.41) is 7.84. The fourth-order valence-corrected chi connectivity index (χ4v) is 8.06. The van der Waals surface area contributed by atoms with Crippen LogP contribution in [-0.2, 0) is 41.1 Å². The van der Waals surface area contributed by atoms with Crippen LogP contribution < -0.4 is 0 Å². The highest BCUT2D eigenvalue weighted by Gasteiger charge is 2.39. The van der Waals surface area contributed by atoms with Gasteiger partial charge in [-0.2, -0.15) is 26.3 Å². The molecule has 0 spiro atoms. The van der Waals surface area contributed by atoms with Gasteiger partial charge in [0.1, 0.15) is 33.5 Å². The highest BCUT2D eigenvalue weighted by molar-refractivity contribution is 9.18. The van der Waals surface area contributed by atoms with E-state index < -0.39 is 47.5 Å². The number of nitrogens with zero attached hydrogens (tertiary/aromatic N) is 4. The van der Waals surface area contributed by atoms with Gasteiger partial charge < -0.3 is 19.1 Å². The number of piperidine rings is 2. The van der Waals surface area contributed by atoms with Crippen LogP contribution in [0.3, 0.4) is 0 Å². The van der Waals surface area contributed by atoms with Crippen LogP contribution in [0.4, 0.5) is 26.3 Å². The molecule has 0 aromatic heterocycles. The van der Waals surface area contributed by atoms with Gasteiger partial charge in [-0.25, -0.2) is 9.59 Å². The molecule has 4 aliphatic rings. The summed E-state index contributed by atoms with van der Waals surface area (Å²) in [6.45, 7) is 2.51. The molecular formula is C36H40Br2F6N4O6. The molecule has 4 atom stereocenters. The number of ether oxygens (including phenoxy) is 2. The minimum Gasteiger partial charge on any atom is -0.468 e. The summed E-state index contributed by atoms with van der Waals surface area (Å²) < 4.78 is 88.2. The van der Waals surface area contributed by atoms with E-state index in [0.717, 1.165) is 72.0 Å². The summed E-state index contributed by atoms with van der Waals surface area (Å²) in [5.41, 5.74) is -0.483. The maximum Gasteiger partial charge on any atom is 0.416 e. The van der Waals surface area contributed by atoms with Crippen molar-refractivity contribution in [2.24, 2.45) is 22.1 Å². The highest BCUT2D eigenvalue weighted by Crippen LogP contribution is 2.37. The number of hydrogen-bond donors (Lipinski definition) is 0. The Labute approximate surface area is 325 Å². The van der Waals surface area contributed by atoms with E-state index in [1.807, 2.05) is 9.80 Å². The van der Waals surface area contributed by atoms with Crippen LogP contribution in [0.2, 0.25) is 0 Å². The molecule has 0 saturated carbocycles. The lowest BCUT2D eigenvalue weighted by Crippen LogP contribution is -2.42. The molecule has 0 amide bonds. The third-order valence-electron chi connectivity index (χ3n) is 10.2. The first kappa shape index (κ1) is 41.9. The third kappa shape index (κ3) is 10.5. The van der Waals surface area contributed by atoms with Gasteiger partial charge in [-0.3, -0.25) is 9.80 Å². The predicted molar refractivity (Wildman–Crippen MR) is 193 cm³/mol. The maximum atomic E-state index is 12.8. The van der Waals surface area contributed by atoms with Gasteiger partial charge in [-0.15, -0.1) is 0 Å². The Morgan fingerprint density at radius 2 is 0.963 bits per heavy atom. The van der Waals surface area contributed by atoms with E-state index in [1.54, 1.807) is 0 Å². The predicted octanol–water partition coefficient (Wildman–Crippen LogP) is 8.26. The number of carbonyl (C=O) groups is 2. The molecule has 2 aromatic rings. The van der Waals surface area contributed by atoms with E-state index >= 15 is 0 Å². The van der Waals surface area contributed by atoms with Crippen molar-refractivity contribution < 1.29 is 55.1 Å². The van der Waals surface area contributed by atoms with E-state index in [9.17, 15) is 35.9 Å². The molecule has 6 rings (SSSR count). The Kier molecular flexibility index (Phi) is 14.1. The number of rotatable bonds is 8. The number of carbonyl (C=O) groups excluding carboxylic acids is 2. The van der Waals surface area contributed by atoms with Crippen molar-refractivity contribution in [3.8, 4) is 0 Å². The number of halogens is 8. The molecule has 4 aliphatic heterocycles. The molecule has 296 valence electrons. The standard InChI is InChI=1S/2C18H20BrF3N2O3/c2*1-26-17(25)16(12-2-4-13(5-3-12)18(20,21)22)24-8-6-11(7-9-24)14-10-15(19)23-27-14/h2*2-5,11,14,16H,6-10H2,1H3/t14-,16+;14-,16-/m11/s1. The number of methoxy groups -OCH3 is 2. The van der Waals surface area contributed by atoms with Crippen LogP contribution in [0.1, 0.15) is 72.9 Å². The fourth-order valence-electron chi connectivity index (χ4n) is 7.26. The van der Waals surface area contributed by atoms with E-state index in [0.29, 0.717) is 49.1 Å². The lowest BCUT2D eigenvalue weighted by molar-refractivity contribution is -0.149. The summed E-state index contributed by atoms with van der Waals surface area (Å²) in [7, 11) is 2.57. The normalized spacial score (nSPS) is 22.9. The van der Waals surface area contributed by atoms with Gasteiger partial charge in [0.15, 0.2) is 0 Å². The Morgan fingerprint density at radius 1 is 0.648 bits per heavy atom. The molecule has 2 fully saturated rings. The van der Waals surface area contributed by atoms with Gasteiger partial charge in [0.2, 0.25) is 0 Å². The minimum atomic E-state index is -4.41. The number of hydrogen-bond acceptors (Lipinski definition) is 10. The second-order valence-electron chi connectivity index (χ2n) is 13.5. The lowest BCUT2D eigenvalue weighted by Gasteiger charge is -2.37. The molecular weight excluding hydrogens is 858 g/mol. The zero-order chi connectivity index (χ0) is 39.2. The quantitative estimate of drug-likeness (QED) is 0.193. The molecule has 4 heterocycles. The average molecular weight is 899 g/mol. The summed E-state index contributed by atoms with van der Waals surface area (Å²) in [4.78, 5) is 39.4. The van der Waals surface area contributed by atoms with Crippen molar-refractivity contribution in [1.82, 2.24) is 9.80 Å². The molecule has 2 saturated heterocycles. The topological polar surface area (TPSA) is 102 Å². The van der Waals surface area contributed by atoms with E-state index in [2.05, 4.69) is 42.2 Å². The Hall–Kier alpha value is -3.22. The molecule has 0 unspecified atom stereocenters. The van der Waals surface area contributed by atoms with Crippen molar-refractivity contribution in [2.45, 2.75) is 75.2 Å².